The minimum absolute atomic E-state index is 0.333. The van der Waals surface area contributed by atoms with Crippen molar-refractivity contribution in [1.29, 1.82) is 0 Å². The molecule has 2 aromatic heterocycles. The number of aromatic nitrogens is 1. The summed E-state index contributed by atoms with van der Waals surface area (Å²) in [6.07, 6.45) is 4.59. The zero-order valence-corrected chi connectivity index (χ0v) is 14.7. The Morgan fingerprint density at radius 3 is 3.13 bits per heavy atom. The molecule has 0 radical (unpaired) electrons. The summed E-state index contributed by atoms with van der Waals surface area (Å²) in [5.74, 6) is 0.520. The molecule has 23 heavy (non-hydrogen) atoms. The van der Waals surface area contributed by atoms with Gasteiger partial charge in [-0.15, -0.1) is 22.7 Å². The maximum absolute atomic E-state index is 6.12. The molecule has 2 aliphatic rings. The summed E-state index contributed by atoms with van der Waals surface area (Å²) >= 11 is 3.51. The molecule has 0 aromatic carbocycles. The van der Waals surface area contributed by atoms with Crippen LogP contribution < -0.4 is 0 Å². The SMILES string of the molecule is c1csc(CN2CCOC3C(COCc4nccs4)CCC32)c1. The largest absolute Gasteiger partial charge is 0.375 e. The van der Waals surface area contributed by atoms with E-state index in [-0.39, 0.29) is 0 Å². The summed E-state index contributed by atoms with van der Waals surface area (Å²) in [4.78, 5) is 8.34. The van der Waals surface area contributed by atoms with Gasteiger partial charge in [-0.05, 0) is 24.3 Å². The van der Waals surface area contributed by atoms with Gasteiger partial charge in [-0.1, -0.05) is 6.07 Å². The molecule has 2 aromatic rings. The molecule has 124 valence electrons. The molecule has 2 fully saturated rings. The Balaban J connectivity index is 1.31. The van der Waals surface area contributed by atoms with Crippen LogP contribution in [0.3, 0.4) is 0 Å². The number of thiazole rings is 1. The molecule has 1 aliphatic heterocycles. The zero-order valence-electron chi connectivity index (χ0n) is 13.1. The van der Waals surface area contributed by atoms with Crippen LogP contribution in [0.4, 0.5) is 0 Å². The van der Waals surface area contributed by atoms with Crippen LogP contribution in [-0.2, 0) is 22.6 Å². The Hall–Kier alpha value is -0.790. The first-order chi connectivity index (χ1) is 11.4. The van der Waals surface area contributed by atoms with Crippen LogP contribution in [0.5, 0.6) is 0 Å². The second-order valence-electron chi connectivity index (χ2n) is 6.23. The van der Waals surface area contributed by atoms with Crippen molar-refractivity contribution in [1.82, 2.24) is 9.88 Å². The van der Waals surface area contributed by atoms with Gasteiger partial charge in [-0.2, -0.15) is 0 Å². The second kappa shape index (κ2) is 7.40. The van der Waals surface area contributed by atoms with Gasteiger partial charge in [0, 0.05) is 41.5 Å². The van der Waals surface area contributed by atoms with Crippen LogP contribution in [0, 0.1) is 5.92 Å². The van der Waals surface area contributed by atoms with Gasteiger partial charge < -0.3 is 9.47 Å². The van der Waals surface area contributed by atoms with Crippen molar-refractivity contribution in [2.45, 2.75) is 38.1 Å². The van der Waals surface area contributed by atoms with E-state index in [1.54, 1.807) is 11.3 Å². The van der Waals surface area contributed by atoms with Crippen molar-refractivity contribution < 1.29 is 9.47 Å². The van der Waals surface area contributed by atoms with E-state index in [9.17, 15) is 0 Å². The summed E-state index contributed by atoms with van der Waals surface area (Å²) in [5, 5.41) is 5.22. The van der Waals surface area contributed by atoms with E-state index in [0.29, 0.717) is 24.7 Å². The third-order valence-electron chi connectivity index (χ3n) is 4.81. The number of hydrogen-bond acceptors (Lipinski definition) is 6. The number of morpholine rings is 1. The monoisotopic (exact) mass is 350 g/mol. The molecule has 1 saturated heterocycles. The van der Waals surface area contributed by atoms with Crippen molar-refractivity contribution in [3.05, 3.63) is 39.0 Å². The topological polar surface area (TPSA) is 34.6 Å². The van der Waals surface area contributed by atoms with Gasteiger partial charge in [0.1, 0.15) is 5.01 Å². The fourth-order valence-electron chi connectivity index (χ4n) is 3.74. The van der Waals surface area contributed by atoms with Crippen LogP contribution in [0.15, 0.2) is 29.1 Å². The Kier molecular flexibility index (Phi) is 5.06. The summed E-state index contributed by atoms with van der Waals surface area (Å²) in [6.45, 7) is 4.37. The highest BCUT2D eigenvalue weighted by molar-refractivity contribution is 7.10. The van der Waals surface area contributed by atoms with Gasteiger partial charge in [0.2, 0.25) is 0 Å². The van der Waals surface area contributed by atoms with E-state index in [4.69, 9.17) is 9.47 Å². The Morgan fingerprint density at radius 1 is 1.30 bits per heavy atom. The normalized spacial score (nSPS) is 28.1. The van der Waals surface area contributed by atoms with Gasteiger partial charge in [-0.3, -0.25) is 4.90 Å². The van der Waals surface area contributed by atoms with Gasteiger partial charge in [0.25, 0.3) is 0 Å². The molecule has 1 aliphatic carbocycles. The van der Waals surface area contributed by atoms with Crippen molar-refractivity contribution in [3.63, 3.8) is 0 Å². The van der Waals surface area contributed by atoms with Crippen LogP contribution in [0.25, 0.3) is 0 Å². The molecule has 1 saturated carbocycles. The highest BCUT2D eigenvalue weighted by Crippen LogP contribution is 2.36. The van der Waals surface area contributed by atoms with E-state index in [2.05, 4.69) is 27.4 Å². The molecular weight excluding hydrogens is 328 g/mol. The number of nitrogens with zero attached hydrogens (tertiary/aromatic N) is 2. The molecule has 6 heteroatoms. The third kappa shape index (κ3) is 3.67. The molecule has 4 nitrogen and oxygen atoms in total. The molecule has 3 heterocycles. The predicted molar refractivity (Wildman–Crippen MR) is 92.8 cm³/mol. The van der Waals surface area contributed by atoms with Crippen LogP contribution in [-0.4, -0.2) is 41.8 Å². The van der Waals surface area contributed by atoms with E-state index < -0.39 is 0 Å². The number of thiophene rings is 1. The quantitative estimate of drug-likeness (QED) is 0.800. The fraction of sp³-hybridized carbons (Fsp3) is 0.588. The molecule has 3 unspecified atom stereocenters. The van der Waals surface area contributed by atoms with Gasteiger partial charge in [0.15, 0.2) is 0 Å². The lowest BCUT2D eigenvalue weighted by Gasteiger charge is -2.39. The molecule has 0 amide bonds. The molecule has 3 atom stereocenters. The lowest BCUT2D eigenvalue weighted by atomic mass is 10.0. The smallest absolute Gasteiger partial charge is 0.118 e. The lowest BCUT2D eigenvalue weighted by molar-refractivity contribution is -0.0889. The average molecular weight is 351 g/mol. The molecule has 0 N–H and O–H groups in total. The van der Waals surface area contributed by atoms with E-state index in [1.807, 2.05) is 22.9 Å². The van der Waals surface area contributed by atoms with E-state index in [0.717, 1.165) is 31.3 Å². The van der Waals surface area contributed by atoms with Gasteiger partial charge >= 0.3 is 0 Å². The van der Waals surface area contributed by atoms with E-state index >= 15 is 0 Å². The van der Waals surface area contributed by atoms with Crippen LogP contribution in [0.2, 0.25) is 0 Å². The van der Waals surface area contributed by atoms with Crippen molar-refractivity contribution in [2.75, 3.05) is 19.8 Å². The first-order valence-electron chi connectivity index (χ1n) is 8.24. The Morgan fingerprint density at radius 2 is 2.30 bits per heavy atom. The van der Waals surface area contributed by atoms with Crippen LogP contribution in [0.1, 0.15) is 22.7 Å². The molecule has 0 spiro atoms. The predicted octanol–water partition coefficient (Wildman–Crippen LogP) is 3.40. The fourth-order valence-corrected chi connectivity index (χ4v) is 5.02. The molecule has 0 bridgehead atoms. The Bertz CT molecular complexity index is 588. The number of hydrogen-bond donors (Lipinski definition) is 0. The van der Waals surface area contributed by atoms with Crippen molar-refractivity contribution in [2.24, 2.45) is 5.92 Å². The maximum atomic E-state index is 6.12. The third-order valence-corrected chi connectivity index (χ3v) is 6.43. The summed E-state index contributed by atoms with van der Waals surface area (Å²) in [7, 11) is 0. The van der Waals surface area contributed by atoms with E-state index in [1.165, 1.54) is 17.7 Å². The average Bonchev–Trinajstić information content (AvgIpc) is 3.30. The first kappa shape index (κ1) is 15.7. The minimum atomic E-state index is 0.333. The standard InChI is InChI=1S/C17H22N2O2S2/c1-2-14(22-8-1)10-19-6-7-21-17-13(3-4-15(17)19)11-20-12-16-18-5-9-23-16/h1-2,5,8-9,13,15,17H,3-4,6-7,10-12H2. The summed E-state index contributed by atoms with van der Waals surface area (Å²) < 4.78 is 12.0. The van der Waals surface area contributed by atoms with Gasteiger partial charge in [-0.25, -0.2) is 4.98 Å². The van der Waals surface area contributed by atoms with Crippen LogP contribution >= 0.6 is 22.7 Å². The van der Waals surface area contributed by atoms with Crippen molar-refractivity contribution in [3.8, 4) is 0 Å². The number of ether oxygens (including phenoxy) is 2. The Labute approximate surface area is 145 Å². The second-order valence-corrected chi connectivity index (χ2v) is 8.24. The minimum Gasteiger partial charge on any atom is -0.375 e. The highest BCUT2D eigenvalue weighted by atomic mass is 32.1. The number of fused-ring (bicyclic) bond motifs is 1. The summed E-state index contributed by atoms with van der Waals surface area (Å²) in [6, 6.07) is 4.93. The maximum Gasteiger partial charge on any atom is 0.118 e. The van der Waals surface area contributed by atoms with Crippen molar-refractivity contribution >= 4 is 22.7 Å². The lowest BCUT2D eigenvalue weighted by Crippen LogP contribution is -2.50. The summed E-state index contributed by atoms with van der Waals surface area (Å²) in [5.41, 5.74) is 0. The highest BCUT2D eigenvalue weighted by Gasteiger charge is 2.42. The molecule has 4 rings (SSSR count). The van der Waals surface area contributed by atoms with Gasteiger partial charge in [0.05, 0.1) is 25.9 Å². The number of rotatable bonds is 6. The zero-order chi connectivity index (χ0) is 15.5. The molecular formula is C17H22N2O2S2. The first-order valence-corrected chi connectivity index (χ1v) is 10.0.